The highest BCUT2D eigenvalue weighted by Crippen LogP contribution is 2.18. The minimum Gasteiger partial charge on any atom is -0.505 e. The van der Waals surface area contributed by atoms with Gasteiger partial charge in [0.05, 0.1) is 6.54 Å². The largest absolute Gasteiger partial charge is 0.505 e. The highest BCUT2D eigenvalue weighted by atomic mass is 19.1. The van der Waals surface area contributed by atoms with Gasteiger partial charge in [0.2, 0.25) is 0 Å². The van der Waals surface area contributed by atoms with E-state index in [9.17, 15) is 9.18 Å². The molecule has 4 nitrogen and oxygen atoms in total. The number of hydrogen-bond donors (Lipinski definition) is 2. The molecule has 1 rings (SSSR count). The normalized spacial score (nSPS) is 12.7. The monoisotopic (exact) mass is 255 g/mol. The number of hydrogen-bond acceptors (Lipinski definition) is 3. The van der Waals surface area contributed by atoms with Crippen LogP contribution in [0.15, 0.2) is 18.2 Å². The number of carbonyl (C=O) groups is 1. The van der Waals surface area contributed by atoms with Crippen molar-refractivity contribution in [3.05, 3.63) is 29.6 Å². The summed E-state index contributed by atoms with van der Waals surface area (Å²) in [4.78, 5) is 12.5. The van der Waals surface area contributed by atoms with E-state index in [0.29, 0.717) is 12.1 Å². The molecule has 0 aromatic heterocycles. The second-order valence-corrected chi connectivity index (χ2v) is 4.34. The first kappa shape index (κ1) is 14.4. The van der Waals surface area contributed by atoms with E-state index < -0.39 is 17.5 Å². The molecular formula is C13H18FNO3. The number of phenols is 1. The van der Waals surface area contributed by atoms with Gasteiger partial charge in [-0.2, -0.15) is 0 Å². The second-order valence-electron chi connectivity index (χ2n) is 4.34. The molecule has 0 aliphatic heterocycles. The SMILES string of the molecule is CCC(C)N(CC(=O)O)Cc1ccc(O)c(F)c1. The van der Waals surface area contributed by atoms with Gasteiger partial charge in [0, 0.05) is 12.6 Å². The molecule has 1 unspecified atom stereocenters. The molecule has 0 spiro atoms. The molecule has 1 atom stereocenters. The van der Waals surface area contributed by atoms with Crippen molar-refractivity contribution in [3.63, 3.8) is 0 Å². The van der Waals surface area contributed by atoms with E-state index in [1.807, 2.05) is 13.8 Å². The maximum absolute atomic E-state index is 13.2. The van der Waals surface area contributed by atoms with Crippen LogP contribution >= 0.6 is 0 Å². The summed E-state index contributed by atoms with van der Waals surface area (Å²) >= 11 is 0. The zero-order valence-corrected chi connectivity index (χ0v) is 10.6. The summed E-state index contributed by atoms with van der Waals surface area (Å²) in [7, 11) is 0. The fraction of sp³-hybridized carbons (Fsp3) is 0.462. The van der Waals surface area contributed by atoms with Crippen LogP contribution in [0.5, 0.6) is 5.75 Å². The minimum atomic E-state index is -0.908. The molecule has 0 saturated heterocycles. The molecule has 1 aromatic carbocycles. The molecule has 100 valence electrons. The van der Waals surface area contributed by atoms with Crippen molar-refractivity contribution in [1.29, 1.82) is 0 Å². The van der Waals surface area contributed by atoms with Gasteiger partial charge in [0.1, 0.15) is 0 Å². The summed E-state index contributed by atoms with van der Waals surface area (Å²) in [5.41, 5.74) is 0.645. The lowest BCUT2D eigenvalue weighted by Gasteiger charge is -2.26. The first-order valence-corrected chi connectivity index (χ1v) is 5.87. The van der Waals surface area contributed by atoms with Crippen molar-refractivity contribution in [2.45, 2.75) is 32.9 Å². The molecule has 0 radical (unpaired) electrons. The molecule has 5 heteroatoms. The van der Waals surface area contributed by atoms with Crippen LogP contribution in [0.2, 0.25) is 0 Å². The van der Waals surface area contributed by atoms with Crippen molar-refractivity contribution in [2.75, 3.05) is 6.54 Å². The van der Waals surface area contributed by atoms with Gasteiger partial charge in [-0.05, 0) is 31.0 Å². The van der Waals surface area contributed by atoms with Crippen molar-refractivity contribution >= 4 is 5.97 Å². The predicted octanol–water partition coefficient (Wildman–Crippen LogP) is 2.22. The van der Waals surface area contributed by atoms with Gasteiger partial charge in [-0.3, -0.25) is 9.69 Å². The lowest BCUT2D eigenvalue weighted by molar-refractivity contribution is -0.139. The number of benzene rings is 1. The van der Waals surface area contributed by atoms with E-state index in [0.717, 1.165) is 6.42 Å². The predicted molar refractivity (Wildman–Crippen MR) is 65.9 cm³/mol. The molecule has 0 amide bonds. The van der Waals surface area contributed by atoms with Crippen molar-refractivity contribution in [3.8, 4) is 5.75 Å². The van der Waals surface area contributed by atoms with E-state index >= 15 is 0 Å². The van der Waals surface area contributed by atoms with Gasteiger partial charge in [-0.1, -0.05) is 13.0 Å². The Bertz CT molecular complexity index is 423. The summed E-state index contributed by atoms with van der Waals surface area (Å²) < 4.78 is 13.2. The number of carboxylic acid groups (broad SMARTS) is 1. The third kappa shape index (κ3) is 4.00. The van der Waals surface area contributed by atoms with Crippen LogP contribution in [0, 0.1) is 5.82 Å². The van der Waals surface area contributed by atoms with Crippen LogP contribution < -0.4 is 0 Å². The lowest BCUT2D eigenvalue weighted by Crippen LogP contribution is -2.36. The van der Waals surface area contributed by atoms with Crippen LogP contribution in [0.1, 0.15) is 25.8 Å². The van der Waals surface area contributed by atoms with Gasteiger partial charge in [0.25, 0.3) is 0 Å². The van der Waals surface area contributed by atoms with Crippen LogP contribution in [0.25, 0.3) is 0 Å². The maximum Gasteiger partial charge on any atom is 0.317 e. The van der Waals surface area contributed by atoms with E-state index in [4.69, 9.17) is 10.2 Å². The average molecular weight is 255 g/mol. The van der Waals surface area contributed by atoms with Gasteiger partial charge in [0.15, 0.2) is 11.6 Å². The van der Waals surface area contributed by atoms with Crippen LogP contribution in [0.4, 0.5) is 4.39 Å². The second kappa shape index (κ2) is 6.35. The van der Waals surface area contributed by atoms with Gasteiger partial charge < -0.3 is 10.2 Å². The smallest absolute Gasteiger partial charge is 0.317 e. The molecule has 0 bridgehead atoms. The lowest BCUT2D eigenvalue weighted by atomic mass is 10.1. The molecule has 0 heterocycles. The van der Waals surface area contributed by atoms with Crippen molar-refractivity contribution in [1.82, 2.24) is 4.90 Å². The van der Waals surface area contributed by atoms with Crippen LogP contribution in [-0.2, 0) is 11.3 Å². The highest BCUT2D eigenvalue weighted by Gasteiger charge is 2.16. The van der Waals surface area contributed by atoms with Crippen LogP contribution in [0.3, 0.4) is 0 Å². The van der Waals surface area contributed by atoms with E-state index in [2.05, 4.69) is 0 Å². The Morgan fingerprint density at radius 1 is 1.50 bits per heavy atom. The molecule has 18 heavy (non-hydrogen) atoms. The number of phenolic OH excluding ortho intramolecular Hbond substituents is 1. The van der Waals surface area contributed by atoms with Crippen molar-refractivity contribution in [2.24, 2.45) is 0 Å². The summed E-state index contributed by atoms with van der Waals surface area (Å²) in [5, 5.41) is 17.9. The number of nitrogens with zero attached hydrogens (tertiary/aromatic N) is 1. The van der Waals surface area contributed by atoms with Gasteiger partial charge in [-0.15, -0.1) is 0 Å². The number of halogens is 1. The van der Waals surface area contributed by atoms with Crippen LogP contribution in [-0.4, -0.2) is 33.7 Å². The number of aromatic hydroxyl groups is 1. The quantitative estimate of drug-likeness (QED) is 0.818. The first-order chi connectivity index (χ1) is 8.43. The van der Waals surface area contributed by atoms with Gasteiger partial charge in [-0.25, -0.2) is 4.39 Å². The summed E-state index contributed by atoms with van der Waals surface area (Å²) in [6, 6.07) is 4.19. The van der Waals surface area contributed by atoms with E-state index in [1.54, 1.807) is 11.0 Å². The Morgan fingerprint density at radius 3 is 2.67 bits per heavy atom. The molecule has 0 saturated carbocycles. The summed E-state index contributed by atoms with van der Waals surface area (Å²) in [6.45, 7) is 4.16. The Balaban J connectivity index is 2.81. The fourth-order valence-corrected chi connectivity index (χ4v) is 1.68. The number of rotatable bonds is 6. The first-order valence-electron chi connectivity index (χ1n) is 5.87. The average Bonchev–Trinajstić information content (AvgIpc) is 2.31. The molecule has 2 N–H and O–H groups in total. The minimum absolute atomic E-state index is 0.0858. The molecule has 1 aromatic rings. The number of aliphatic carboxylic acids is 1. The standard InChI is InChI=1S/C13H18FNO3/c1-3-9(2)15(8-13(17)18)7-10-4-5-12(16)11(14)6-10/h4-6,9,16H,3,7-8H2,1-2H3,(H,17,18). The molecular weight excluding hydrogens is 237 g/mol. The van der Waals surface area contributed by atoms with Crippen molar-refractivity contribution < 1.29 is 19.4 Å². The Labute approximate surface area is 106 Å². The topological polar surface area (TPSA) is 60.8 Å². The highest BCUT2D eigenvalue weighted by molar-refractivity contribution is 5.69. The zero-order chi connectivity index (χ0) is 13.7. The maximum atomic E-state index is 13.2. The third-order valence-corrected chi connectivity index (χ3v) is 2.95. The molecule has 0 fully saturated rings. The van der Waals surface area contributed by atoms with E-state index in [1.165, 1.54) is 12.1 Å². The number of carboxylic acids is 1. The molecule has 0 aliphatic carbocycles. The Hall–Kier alpha value is -1.62. The summed E-state index contributed by atoms with van der Waals surface area (Å²) in [6.07, 6.45) is 0.813. The zero-order valence-electron chi connectivity index (χ0n) is 10.6. The Kier molecular flexibility index (Phi) is 5.09. The summed E-state index contributed by atoms with van der Waals surface area (Å²) in [5.74, 6) is -1.99. The third-order valence-electron chi connectivity index (χ3n) is 2.95. The fourth-order valence-electron chi connectivity index (χ4n) is 1.68. The van der Waals surface area contributed by atoms with Gasteiger partial charge >= 0.3 is 5.97 Å². The molecule has 0 aliphatic rings. The Morgan fingerprint density at radius 2 is 2.17 bits per heavy atom. The van der Waals surface area contributed by atoms with E-state index in [-0.39, 0.29) is 12.6 Å².